The molecule has 1 atom stereocenters. The third-order valence-electron chi connectivity index (χ3n) is 3.42. The minimum absolute atomic E-state index is 0.371. The second kappa shape index (κ2) is 5.59. The van der Waals surface area contributed by atoms with Crippen LogP contribution in [0.5, 0.6) is 0 Å². The van der Waals surface area contributed by atoms with Gasteiger partial charge in [-0.1, -0.05) is 11.6 Å². The fourth-order valence-electron chi connectivity index (χ4n) is 2.37. The lowest BCUT2D eigenvalue weighted by atomic mass is 10.0. The summed E-state index contributed by atoms with van der Waals surface area (Å²) in [6.45, 7) is 1.98. The van der Waals surface area contributed by atoms with Crippen molar-refractivity contribution in [1.82, 2.24) is 5.32 Å². The number of nitrogens with one attached hydrogen (secondary N) is 1. The number of anilines is 1. The molecule has 1 aromatic rings. The molecule has 1 aromatic carbocycles. The predicted octanol–water partition coefficient (Wildman–Crippen LogP) is 1.63. The number of halogens is 1. The van der Waals surface area contributed by atoms with Gasteiger partial charge in [-0.15, -0.1) is 0 Å². The number of rotatable bonds is 3. The van der Waals surface area contributed by atoms with Gasteiger partial charge in [0.25, 0.3) is 5.91 Å². The Kier molecular flexibility index (Phi) is 4.09. The first-order chi connectivity index (χ1) is 8.59. The third kappa shape index (κ3) is 2.76. The quantitative estimate of drug-likeness (QED) is 0.875. The van der Waals surface area contributed by atoms with E-state index < -0.39 is 5.91 Å². The highest BCUT2D eigenvalue weighted by atomic mass is 35.5. The largest absolute Gasteiger partial charge is 0.370 e. The Labute approximate surface area is 112 Å². The summed E-state index contributed by atoms with van der Waals surface area (Å²) in [5.41, 5.74) is 6.74. The molecule has 0 radical (unpaired) electrons. The molecule has 1 unspecified atom stereocenters. The Bertz CT molecular complexity index is 444. The molecule has 1 fully saturated rings. The zero-order valence-corrected chi connectivity index (χ0v) is 11.2. The summed E-state index contributed by atoms with van der Waals surface area (Å²) < 4.78 is 0. The first-order valence-electron chi connectivity index (χ1n) is 6.12. The number of nitrogens with zero attached hydrogens (tertiary/aromatic N) is 1. The van der Waals surface area contributed by atoms with E-state index in [4.69, 9.17) is 17.3 Å². The minimum Gasteiger partial charge on any atom is -0.370 e. The number of nitrogens with two attached hydrogens (primary N) is 1. The van der Waals surface area contributed by atoms with Crippen LogP contribution in [0.3, 0.4) is 0 Å². The molecule has 1 heterocycles. The van der Waals surface area contributed by atoms with Crippen molar-refractivity contribution in [2.45, 2.75) is 18.9 Å². The van der Waals surface area contributed by atoms with E-state index in [1.807, 2.05) is 7.05 Å². The summed E-state index contributed by atoms with van der Waals surface area (Å²) in [5, 5.41) is 3.97. The number of carbonyl (C=O) groups is 1. The average molecular weight is 268 g/mol. The molecule has 98 valence electrons. The monoisotopic (exact) mass is 267 g/mol. The highest BCUT2D eigenvalue weighted by Gasteiger charge is 2.21. The summed E-state index contributed by atoms with van der Waals surface area (Å²) in [4.78, 5) is 13.6. The van der Waals surface area contributed by atoms with Crippen LogP contribution in [-0.4, -0.2) is 32.1 Å². The Morgan fingerprint density at radius 2 is 2.33 bits per heavy atom. The van der Waals surface area contributed by atoms with Crippen LogP contribution in [0.1, 0.15) is 23.2 Å². The highest BCUT2D eigenvalue weighted by Crippen LogP contribution is 2.26. The smallest absolute Gasteiger partial charge is 0.250 e. The molecular formula is C13H18ClN3O. The molecule has 0 bridgehead atoms. The summed E-state index contributed by atoms with van der Waals surface area (Å²) in [6, 6.07) is 5.55. The lowest BCUT2D eigenvalue weighted by Crippen LogP contribution is -2.44. The van der Waals surface area contributed by atoms with Gasteiger partial charge in [-0.05, 0) is 37.6 Å². The van der Waals surface area contributed by atoms with Gasteiger partial charge in [0.2, 0.25) is 0 Å². The van der Waals surface area contributed by atoms with Crippen LogP contribution in [-0.2, 0) is 0 Å². The first kappa shape index (κ1) is 13.2. The summed E-state index contributed by atoms with van der Waals surface area (Å²) in [7, 11) is 1.98. The fourth-order valence-corrected chi connectivity index (χ4v) is 2.53. The van der Waals surface area contributed by atoms with Crippen molar-refractivity contribution >= 4 is 23.2 Å². The molecule has 1 aliphatic heterocycles. The summed E-state index contributed by atoms with van der Waals surface area (Å²) in [5.74, 6) is -0.419. The molecule has 0 aromatic heterocycles. The maximum Gasteiger partial charge on any atom is 0.250 e. The van der Waals surface area contributed by atoms with Crippen LogP contribution >= 0.6 is 11.6 Å². The fraction of sp³-hybridized carbons (Fsp3) is 0.462. The Morgan fingerprint density at radius 3 is 2.94 bits per heavy atom. The second-order valence-corrected chi connectivity index (χ2v) is 5.07. The molecule has 0 saturated carbocycles. The average Bonchev–Trinajstić information content (AvgIpc) is 2.38. The summed E-state index contributed by atoms with van der Waals surface area (Å²) >= 11 is 6.01. The van der Waals surface area contributed by atoms with E-state index >= 15 is 0 Å². The van der Waals surface area contributed by atoms with Gasteiger partial charge in [0.15, 0.2) is 0 Å². The van der Waals surface area contributed by atoms with E-state index in [-0.39, 0.29) is 0 Å². The maximum atomic E-state index is 11.5. The topological polar surface area (TPSA) is 58.4 Å². The molecule has 4 nitrogen and oxygen atoms in total. The van der Waals surface area contributed by atoms with Crippen molar-refractivity contribution in [3.8, 4) is 0 Å². The number of likely N-dealkylation sites (N-methyl/N-ethyl adjacent to an activating group) is 1. The van der Waals surface area contributed by atoms with E-state index in [2.05, 4.69) is 10.2 Å². The number of piperidine rings is 1. The standard InChI is InChI=1S/C13H18ClN3O/c1-17(10-3-2-6-16-8-10)12-7-9(14)4-5-11(12)13(15)18/h4-5,7,10,16H,2-3,6,8H2,1H3,(H2,15,18). The molecule has 2 rings (SSSR count). The number of hydrogen-bond acceptors (Lipinski definition) is 3. The minimum atomic E-state index is -0.419. The molecular weight excluding hydrogens is 250 g/mol. The normalized spacial score (nSPS) is 19.6. The van der Waals surface area contributed by atoms with E-state index in [1.54, 1.807) is 18.2 Å². The lowest BCUT2D eigenvalue weighted by molar-refractivity contribution is 0.100. The maximum absolute atomic E-state index is 11.5. The van der Waals surface area contributed by atoms with Crippen molar-refractivity contribution in [2.24, 2.45) is 5.73 Å². The molecule has 1 saturated heterocycles. The number of hydrogen-bond donors (Lipinski definition) is 2. The van der Waals surface area contributed by atoms with Gasteiger partial charge in [0.1, 0.15) is 0 Å². The number of amides is 1. The lowest BCUT2D eigenvalue weighted by Gasteiger charge is -2.34. The number of carbonyl (C=O) groups excluding carboxylic acids is 1. The van der Waals surface area contributed by atoms with E-state index in [0.29, 0.717) is 16.6 Å². The van der Waals surface area contributed by atoms with Gasteiger partial charge in [0.05, 0.1) is 11.3 Å². The van der Waals surface area contributed by atoms with Crippen molar-refractivity contribution in [2.75, 3.05) is 25.0 Å². The van der Waals surface area contributed by atoms with Gasteiger partial charge < -0.3 is 16.0 Å². The Hall–Kier alpha value is -1.26. The zero-order chi connectivity index (χ0) is 13.1. The van der Waals surface area contributed by atoms with Crippen LogP contribution in [0, 0.1) is 0 Å². The van der Waals surface area contributed by atoms with Crippen LogP contribution in [0.4, 0.5) is 5.69 Å². The van der Waals surface area contributed by atoms with Crippen LogP contribution in [0.15, 0.2) is 18.2 Å². The van der Waals surface area contributed by atoms with Crippen molar-refractivity contribution in [3.63, 3.8) is 0 Å². The van der Waals surface area contributed by atoms with Gasteiger partial charge in [0, 0.05) is 24.7 Å². The second-order valence-electron chi connectivity index (χ2n) is 4.64. The highest BCUT2D eigenvalue weighted by molar-refractivity contribution is 6.31. The SMILES string of the molecule is CN(c1cc(Cl)ccc1C(N)=O)C1CCCNC1. The van der Waals surface area contributed by atoms with Gasteiger partial charge >= 0.3 is 0 Å². The van der Waals surface area contributed by atoms with E-state index in [9.17, 15) is 4.79 Å². The molecule has 18 heavy (non-hydrogen) atoms. The zero-order valence-electron chi connectivity index (χ0n) is 10.4. The van der Waals surface area contributed by atoms with E-state index in [0.717, 1.165) is 31.6 Å². The molecule has 0 aliphatic carbocycles. The molecule has 1 aliphatic rings. The Morgan fingerprint density at radius 1 is 1.56 bits per heavy atom. The molecule has 5 heteroatoms. The predicted molar refractivity (Wildman–Crippen MR) is 74.3 cm³/mol. The van der Waals surface area contributed by atoms with Crippen molar-refractivity contribution in [1.29, 1.82) is 0 Å². The molecule has 3 N–H and O–H groups in total. The van der Waals surface area contributed by atoms with Gasteiger partial charge in [-0.2, -0.15) is 0 Å². The number of primary amides is 1. The van der Waals surface area contributed by atoms with Gasteiger partial charge in [-0.3, -0.25) is 4.79 Å². The first-order valence-corrected chi connectivity index (χ1v) is 6.50. The van der Waals surface area contributed by atoms with Crippen LogP contribution in [0.25, 0.3) is 0 Å². The van der Waals surface area contributed by atoms with Crippen molar-refractivity contribution in [3.05, 3.63) is 28.8 Å². The van der Waals surface area contributed by atoms with Crippen molar-refractivity contribution < 1.29 is 4.79 Å². The third-order valence-corrected chi connectivity index (χ3v) is 3.66. The number of benzene rings is 1. The molecule has 1 amide bonds. The molecule has 0 spiro atoms. The summed E-state index contributed by atoms with van der Waals surface area (Å²) in [6.07, 6.45) is 2.25. The van der Waals surface area contributed by atoms with Crippen LogP contribution in [0.2, 0.25) is 5.02 Å². The van der Waals surface area contributed by atoms with Crippen LogP contribution < -0.4 is 16.0 Å². The van der Waals surface area contributed by atoms with E-state index in [1.165, 1.54) is 0 Å². The van der Waals surface area contributed by atoms with Gasteiger partial charge in [-0.25, -0.2) is 0 Å². The Balaban J connectivity index is 2.30.